The molecule has 4 aromatic rings. The van der Waals surface area contributed by atoms with E-state index < -0.39 is 15.8 Å². The van der Waals surface area contributed by atoms with E-state index in [2.05, 4.69) is 16.3 Å². The zero-order valence-corrected chi connectivity index (χ0v) is 21.4. The Hall–Kier alpha value is -2.52. The summed E-state index contributed by atoms with van der Waals surface area (Å²) in [6, 6.07) is 21.6. The minimum Gasteiger partial charge on any atom is -0.281 e. The van der Waals surface area contributed by atoms with E-state index in [0.29, 0.717) is 22.9 Å². The Balaban J connectivity index is 1.50. The van der Waals surface area contributed by atoms with Gasteiger partial charge in [0.1, 0.15) is 0 Å². The van der Waals surface area contributed by atoms with Gasteiger partial charge >= 0.3 is 5.76 Å². The highest BCUT2D eigenvalue weighted by atomic mass is 35.5. The standard InChI is InChI=1S/C26H23Cl2F2N3O2S/c27-20-6-1-16(2-7-20)24(17-3-8-21(28)9-4-17)19-5-10-23-22(15-19)25(32-31-23)18-11-13-33(14-12-18)36(34,35)26(29)30/h1-10,15,18,24,26H,11-14H2,(H,31,32). The molecule has 1 saturated heterocycles. The predicted octanol–water partition coefficient (Wildman–Crippen LogP) is 6.78. The van der Waals surface area contributed by atoms with E-state index in [-0.39, 0.29) is 24.9 Å². The number of nitrogens with one attached hydrogen (secondary N) is 1. The van der Waals surface area contributed by atoms with Crippen molar-refractivity contribution in [1.29, 1.82) is 0 Å². The number of nitrogens with zero attached hydrogens (tertiary/aromatic N) is 2. The molecular formula is C26H23Cl2F2N3O2S. The Kier molecular flexibility index (Phi) is 7.05. The summed E-state index contributed by atoms with van der Waals surface area (Å²) in [5.41, 5.74) is 4.87. The molecule has 0 bridgehead atoms. The van der Waals surface area contributed by atoms with Crippen molar-refractivity contribution in [3.05, 3.63) is 99.2 Å². The molecule has 0 unspecified atom stereocenters. The summed E-state index contributed by atoms with van der Waals surface area (Å²) in [5.74, 6) is -3.49. The molecule has 5 nitrogen and oxygen atoms in total. The van der Waals surface area contributed by atoms with E-state index >= 15 is 0 Å². The van der Waals surface area contributed by atoms with E-state index in [1.54, 1.807) is 0 Å². The molecule has 1 fully saturated rings. The van der Waals surface area contributed by atoms with Gasteiger partial charge in [-0.25, -0.2) is 8.42 Å². The number of H-pyrrole nitrogens is 1. The fourth-order valence-electron chi connectivity index (χ4n) is 4.94. The number of benzene rings is 3. The number of sulfonamides is 1. The summed E-state index contributed by atoms with van der Waals surface area (Å²) in [6.07, 6.45) is 0.872. The van der Waals surface area contributed by atoms with Gasteiger partial charge < -0.3 is 0 Å². The quantitative estimate of drug-likeness (QED) is 0.269. The molecule has 0 amide bonds. The molecular weight excluding hydrogens is 527 g/mol. The fraction of sp³-hybridized carbons (Fsp3) is 0.269. The van der Waals surface area contributed by atoms with E-state index in [1.165, 1.54) is 0 Å². The molecule has 1 N–H and O–H groups in total. The average molecular weight is 550 g/mol. The molecule has 5 rings (SSSR count). The molecule has 2 heterocycles. The van der Waals surface area contributed by atoms with Crippen LogP contribution < -0.4 is 0 Å². The molecule has 1 aliphatic heterocycles. The third-order valence-electron chi connectivity index (χ3n) is 6.79. The summed E-state index contributed by atoms with van der Waals surface area (Å²) in [6.45, 7) is 0.103. The van der Waals surface area contributed by atoms with Crippen molar-refractivity contribution in [3.8, 4) is 0 Å². The minimum atomic E-state index is -4.56. The Morgan fingerprint density at radius 3 is 1.92 bits per heavy atom. The van der Waals surface area contributed by atoms with Crippen molar-refractivity contribution in [2.75, 3.05) is 13.1 Å². The van der Waals surface area contributed by atoms with Crippen LogP contribution in [-0.4, -0.2) is 41.8 Å². The molecule has 0 aliphatic carbocycles. The highest BCUT2D eigenvalue weighted by Crippen LogP contribution is 2.38. The maximum atomic E-state index is 13.0. The van der Waals surface area contributed by atoms with Gasteiger partial charge in [-0.1, -0.05) is 53.5 Å². The SMILES string of the molecule is O=S(=O)(C(F)F)N1CCC(c2[nH]nc3ccc(C(c4ccc(Cl)cc4)c4ccc(Cl)cc4)cc23)CC1. The summed E-state index contributed by atoms with van der Waals surface area (Å²) in [4.78, 5) is 0. The van der Waals surface area contributed by atoms with Crippen LogP contribution in [0, 0.1) is 0 Å². The summed E-state index contributed by atoms with van der Waals surface area (Å²) in [5, 5.41) is 9.82. The van der Waals surface area contributed by atoms with Gasteiger partial charge in [0.25, 0.3) is 10.0 Å². The lowest BCUT2D eigenvalue weighted by atomic mass is 9.84. The van der Waals surface area contributed by atoms with Crippen LogP contribution in [0.2, 0.25) is 10.0 Å². The van der Waals surface area contributed by atoms with Gasteiger partial charge in [0.15, 0.2) is 0 Å². The Morgan fingerprint density at radius 2 is 1.39 bits per heavy atom. The van der Waals surface area contributed by atoms with Crippen molar-refractivity contribution in [1.82, 2.24) is 14.5 Å². The average Bonchev–Trinajstić information content (AvgIpc) is 3.30. The lowest BCUT2D eigenvalue weighted by Gasteiger charge is -2.30. The second kappa shape index (κ2) is 10.1. The van der Waals surface area contributed by atoms with Gasteiger partial charge in [0, 0.05) is 46.1 Å². The summed E-state index contributed by atoms with van der Waals surface area (Å²) >= 11 is 12.3. The number of piperidine rings is 1. The number of hydrogen-bond donors (Lipinski definition) is 1. The Labute approximate surface area is 218 Å². The van der Waals surface area contributed by atoms with E-state index in [9.17, 15) is 17.2 Å². The molecule has 1 aromatic heterocycles. The second-order valence-electron chi connectivity index (χ2n) is 8.93. The van der Waals surface area contributed by atoms with Crippen LogP contribution in [0.1, 0.15) is 47.1 Å². The highest BCUT2D eigenvalue weighted by molar-refractivity contribution is 7.89. The van der Waals surface area contributed by atoms with E-state index in [4.69, 9.17) is 23.2 Å². The van der Waals surface area contributed by atoms with Crippen molar-refractivity contribution in [2.45, 2.75) is 30.4 Å². The molecule has 0 spiro atoms. The normalized spacial score (nSPS) is 15.8. The van der Waals surface area contributed by atoms with Gasteiger partial charge in [-0.15, -0.1) is 0 Å². The molecule has 1 aliphatic rings. The lowest BCUT2D eigenvalue weighted by Crippen LogP contribution is -2.40. The van der Waals surface area contributed by atoms with Crippen LogP contribution in [0.25, 0.3) is 10.9 Å². The first kappa shape index (κ1) is 25.1. The third-order valence-corrected chi connectivity index (χ3v) is 8.83. The zero-order valence-electron chi connectivity index (χ0n) is 19.0. The van der Waals surface area contributed by atoms with Crippen LogP contribution >= 0.6 is 23.2 Å². The largest absolute Gasteiger partial charge is 0.350 e. The lowest BCUT2D eigenvalue weighted by molar-refractivity contribution is 0.210. The van der Waals surface area contributed by atoms with Gasteiger partial charge in [-0.3, -0.25) is 5.10 Å². The molecule has 0 radical (unpaired) electrons. The van der Waals surface area contributed by atoms with E-state index in [1.807, 2.05) is 60.7 Å². The monoisotopic (exact) mass is 549 g/mol. The summed E-state index contributed by atoms with van der Waals surface area (Å²) < 4.78 is 50.5. The second-order valence-corrected chi connectivity index (χ2v) is 11.7. The van der Waals surface area contributed by atoms with Gasteiger partial charge in [-0.2, -0.15) is 18.2 Å². The summed E-state index contributed by atoms with van der Waals surface area (Å²) in [7, 11) is -4.56. The van der Waals surface area contributed by atoms with Crippen molar-refractivity contribution in [3.63, 3.8) is 0 Å². The van der Waals surface area contributed by atoms with Gasteiger partial charge in [-0.05, 0) is 65.9 Å². The predicted molar refractivity (Wildman–Crippen MR) is 138 cm³/mol. The number of aromatic nitrogens is 2. The maximum Gasteiger partial charge on any atom is 0.350 e. The zero-order chi connectivity index (χ0) is 25.4. The number of rotatable bonds is 6. The Morgan fingerprint density at radius 1 is 0.861 bits per heavy atom. The molecule has 0 saturated carbocycles. The van der Waals surface area contributed by atoms with Crippen LogP contribution in [-0.2, 0) is 10.0 Å². The van der Waals surface area contributed by atoms with Crippen molar-refractivity contribution in [2.24, 2.45) is 0 Å². The van der Waals surface area contributed by atoms with Crippen LogP contribution in [0.4, 0.5) is 8.78 Å². The molecule has 10 heteroatoms. The number of fused-ring (bicyclic) bond motifs is 1. The van der Waals surface area contributed by atoms with Crippen LogP contribution in [0.3, 0.4) is 0 Å². The number of aromatic amines is 1. The first-order chi connectivity index (χ1) is 17.2. The number of halogens is 4. The van der Waals surface area contributed by atoms with E-state index in [0.717, 1.165) is 37.6 Å². The first-order valence-electron chi connectivity index (χ1n) is 11.5. The third kappa shape index (κ3) is 4.87. The van der Waals surface area contributed by atoms with Crippen molar-refractivity contribution < 1.29 is 17.2 Å². The van der Waals surface area contributed by atoms with Crippen LogP contribution in [0.15, 0.2) is 66.7 Å². The number of hydrogen-bond acceptors (Lipinski definition) is 3. The minimum absolute atomic E-state index is 0.0149. The first-order valence-corrected chi connectivity index (χ1v) is 13.8. The fourth-order valence-corrected chi connectivity index (χ4v) is 6.13. The molecule has 188 valence electrons. The topological polar surface area (TPSA) is 66.1 Å². The van der Waals surface area contributed by atoms with Gasteiger partial charge in [0.2, 0.25) is 0 Å². The van der Waals surface area contributed by atoms with Crippen LogP contribution in [0.5, 0.6) is 0 Å². The highest BCUT2D eigenvalue weighted by Gasteiger charge is 2.35. The Bertz CT molecular complexity index is 1420. The number of alkyl halides is 2. The molecule has 36 heavy (non-hydrogen) atoms. The molecule has 3 aromatic carbocycles. The van der Waals surface area contributed by atoms with Crippen molar-refractivity contribution >= 4 is 44.1 Å². The van der Waals surface area contributed by atoms with Gasteiger partial charge in [0.05, 0.1) is 5.52 Å². The molecule has 0 atom stereocenters. The smallest absolute Gasteiger partial charge is 0.281 e. The maximum absolute atomic E-state index is 13.0.